The molecule has 19 heavy (non-hydrogen) atoms. The Morgan fingerprint density at radius 2 is 2.05 bits per heavy atom. The number of carbonyl (C=O) groups excluding carboxylic acids is 1. The van der Waals surface area contributed by atoms with Crippen LogP contribution in [0.1, 0.15) is 25.3 Å². The van der Waals surface area contributed by atoms with Crippen molar-refractivity contribution in [2.75, 3.05) is 7.11 Å². The molecule has 2 fully saturated rings. The van der Waals surface area contributed by atoms with E-state index in [4.69, 9.17) is 14.2 Å². The van der Waals surface area contributed by atoms with Gasteiger partial charge in [0.1, 0.15) is 5.60 Å². The van der Waals surface area contributed by atoms with Crippen molar-refractivity contribution in [3.63, 3.8) is 0 Å². The molecule has 2 aliphatic rings. The van der Waals surface area contributed by atoms with Crippen molar-refractivity contribution >= 4 is 5.97 Å². The molecule has 1 unspecified atom stereocenters. The van der Waals surface area contributed by atoms with E-state index in [2.05, 4.69) is 0 Å². The van der Waals surface area contributed by atoms with Crippen molar-refractivity contribution in [3.8, 4) is 0 Å². The van der Waals surface area contributed by atoms with E-state index in [1.807, 2.05) is 30.3 Å². The summed E-state index contributed by atoms with van der Waals surface area (Å²) in [5, 5.41) is 0. The third-order valence-corrected chi connectivity index (χ3v) is 4.25. The van der Waals surface area contributed by atoms with Gasteiger partial charge in [0.2, 0.25) is 0 Å². The molecule has 1 saturated carbocycles. The highest BCUT2D eigenvalue weighted by Crippen LogP contribution is 2.61. The van der Waals surface area contributed by atoms with Crippen molar-refractivity contribution in [3.05, 3.63) is 35.9 Å². The SMILES string of the molecule is COC(=O)C1(C)OC12CC(OCc1ccccc1)C2. The second-order valence-corrected chi connectivity index (χ2v) is 5.45. The van der Waals surface area contributed by atoms with Crippen molar-refractivity contribution in [1.29, 1.82) is 0 Å². The Balaban J connectivity index is 1.48. The van der Waals surface area contributed by atoms with Crippen molar-refractivity contribution in [2.24, 2.45) is 0 Å². The van der Waals surface area contributed by atoms with Gasteiger partial charge < -0.3 is 14.2 Å². The number of carbonyl (C=O) groups is 1. The number of hydrogen-bond donors (Lipinski definition) is 0. The smallest absolute Gasteiger partial charge is 0.340 e. The maximum atomic E-state index is 11.6. The van der Waals surface area contributed by atoms with Crippen LogP contribution in [0.3, 0.4) is 0 Å². The molecule has 4 nitrogen and oxygen atoms in total. The minimum Gasteiger partial charge on any atom is -0.467 e. The van der Waals surface area contributed by atoms with E-state index < -0.39 is 5.60 Å². The quantitative estimate of drug-likeness (QED) is 0.615. The Kier molecular flexibility index (Phi) is 2.87. The summed E-state index contributed by atoms with van der Waals surface area (Å²) < 4.78 is 16.2. The van der Waals surface area contributed by atoms with Crippen molar-refractivity contribution in [1.82, 2.24) is 0 Å². The standard InChI is InChI=1S/C15H18O4/c1-14(13(16)17-2)15(19-14)8-12(9-15)18-10-11-6-4-3-5-7-11/h3-7,12H,8-10H2,1-2H3. The van der Waals surface area contributed by atoms with Crippen LogP contribution in [0.4, 0.5) is 0 Å². The number of ether oxygens (including phenoxy) is 3. The predicted octanol–water partition coefficient (Wildman–Crippen LogP) is 2.07. The lowest BCUT2D eigenvalue weighted by atomic mass is 9.74. The van der Waals surface area contributed by atoms with Gasteiger partial charge in [-0.1, -0.05) is 30.3 Å². The van der Waals surface area contributed by atoms with Gasteiger partial charge in [0.25, 0.3) is 0 Å². The normalized spacial score (nSPS) is 35.8. The van der Waals surface area contributed by atoms with Crippen molar-refractivity contribution in [2.45, 2.75) is 43.7 Å². The van der Waals surface area contributed by atoms with Gasteiger partial charge >= 0.3 is 5.97 Å². The molecule has 1 aliphatic carbocycles. The maximum absolute atomic E-state index is 11.6. The monoisotopic (exact) mass is 262 g/mol. The first-order valence-electron chi connectivity index (χ1n) is 6.54. The third-order valence-electron chi connectivity index (χ3n) is 4.25. The third kappa shape index (κ3) is 1.95. The maximum Gasteiger partial charge on any atom is 0.340 e. The van der Waals surface area contributed by atoms with Crippen LogP contribution in [-0.4, -0.2) is 30.4 Å². The van der Waals surface area contributed by atoms with Gasteiger partial charge in [0.05, 0.1) is 19.8 Å². The topological polar surface area (TPSA) is 48.1 Å². The summed E-state index contributed by atoms with van der Waals surface area (Å²) >= 11 is 0. The van der Waals surface area contributed by atoms with E-state index in [-0.39, 0.29) is 17.7 Å². The number of epoxide rings is 1. The average Bonchev–Trinajstić information content (AvgIpc) is 3.03. The average molecular weight is 262 g/mol. The van der Waals surface area contributed by atoms with Crippen LogP contribution >= 0.6 is 0 Å². The molecule has 4 heteroatoms. The van der Waals surface area contributed by atoms with Gasteiger partial charge in [0, 0.05) is 12.8 Å². The van der Waals surface area contributed by atoms with Gasteiger partial charge in [-0.05, 0) is 12.5 Å². The molecular formula is C15H18O4. The molecule has 0 aromatic heterocycles. The van der Waals surface area contributed by atoms with Crippen molar-refractivity contribution < 1.29 is 19.0 Å². The van der Waals surface area contributed by atoms with Crippen LogP contribution in [0.15, 0.2) is 30.3 Å². The summed E-state index contributed by atoms with van der Waals surface area (Å²) in [5.41, 5.74) is 0.0754. The van der Waals surface area contributed by atoms with Gasteiger partial charge in [-0.25, -0.2) is 4.79 Å². The zero-order valence-electron chi connectivity index (χ0n) is 11.2. The van der Waals surface area contributed by atoms with Crippen LogP contribution in [0.25, 0.3) is 0 Å². The minimum atomic E-state index is -0.756. The molecule has 1 aromatic rings. The van der Waals surface area contributed by atoms with Crippen LogP contribution < -0.4 is 0 Å². The zero-order valence-corrected chi connectivity index (χ0v) is 11.2. The highest BCUT2D eigenvalue weighted by Gasteiger charge is 2.77. The molecule has 3 rings (SSSR count). The van der Waals surface area contributed by atoms with E-state index in [0.717, 1.165) is 18.4 Å². The molecule has 1 atom stereocenters. The summed E-state index contributed by atoms with van der Waals surface area (Å²) in [6.45, 7) is 2.41. The Bertz CT molecular complexity index is 478. The van der Waals surface area contributed by atoms with Gasteiger partial charge in [-0.2, -0.15) is 0 Å². The Labute approximate surface area is 112 Å². The van der Waals surface area contributed by atoms with Crippen LogP contribution in [0.2, 0.25) is 0 Å². The zero-order chi connectivity index (χ0) is 13.5. The van der Waals surface area contributed by atoms with E-state index >= 15 is 0 Å². The van der Waals surface area contributed by atoms with Crippen LogP contribution in [0.5, 0.6) is 0 Å². The fourth-order valence-corrected chi connectivity index (χ4v) is 2.84. The summed E-state index contributed by atoms with van der Waals surface area (Å²) in [6, 6.07) is 10.1. The molecule has 1 heterocycles. The number of rotatable bonds is 4. The predicted molar refractivity (Wildman–Crippen MR) is 68.5 cm³/mol. The minimum absolute atomic E-state index is 0.173. The number of hydrogen-bond acceptors (Lipinski definition) is 4. The van der Waals surface area contributed by atoms with E-state index in [1.54, 1.807) is 6.92 Å². The van der Waals surface area contributed by atoms with Gasteiger partial charge in [-0.3, -0.25) is 0 Å². The van der Waals surface area contributed by atoms with Gasteiger partial charge in [-0.15, -0.1) is 0 Å². The number of esters is 1. The summed E-state index contributed by atoms with van der Waals surface area (Å²) in [4.78, 5) is 11.6. The van der Waals surface area contributed by atoms with E-state index in [9.17, 15) is 4.79 Å². The molecule has 1 aliphatic heterocycles. The molecule has 0 radical (unpaired) electrons. The second-order valence-electron chi connectivity index (χ2n) is 5.45. The molecule has 0 N–H and O–H groups in total. The Morgan fingerprint density at radius 3 is 2.68 bits per heavy atom. The number of methoxy groups -OCH3 is 1. The van der Waals surface area contributed by atoms with Gasteiger partial charge in [0.15, 0.2) is 5.60 Å². The second kappa shape index (κ2) is 4.32. The summed E-state index contributed by atoms with van der Waals surface area (Å²) in [7, 11) is 1.39. The molecule has 0 bridgehead atoms. The summed E-state index contributed by atoms with van der Waals surface area (Å²) in [6.07, 6.45) is 1.71. The Morgan fingerprint density at radius 1 is 1.37 bits per heavy atom. The van der Waals surface area contributed by atoms with Crippen LogP contribution in [0, 0.1) is 0 Å². The van der Waals surface area contributed by atoms with E-state index in [0.29, 0.717) is 6.61 Å². The molecular weight excluding hydrogens is 244 g/mol. The molecule has 1 saturated heterocycles. The highest BCUT2D eigenvalue weighted by molar-refractivity contribution is 5.84. The highest BCUT2D eigenvalue weighted by atomic mass is 16.7. The van der Waals surface area contributed by atoms with E-state index in [1.165, 1.54) is 7.11 Å². The Hall–Kier alpha value is -1.39. The molecule has 1 aromatic carbocycles. The first kappa shape index (κ1) is 12.6. The fraction of sp³-hybridized carbons (Fsp3) is 0.533. The molecule has 0 amide bonds. The van der Waals surface area contributed by atoms with Crippen LogP contribution in [-0.2, 0) is 25.6 Å². The lowest BCUT2D eigenvalue weighted by Crippen LogP contribution is -2.46. The largest absolute Gasteiger partial charge is 0.467 e. The summed E-state index contributed by atoms with van der Waals surface area (Å²) in [5.74, 6) is -0.283. The number of benzene rings is 1. The fourth-order valence-electron chi connectivity index (χ4n) is 2.84. The molecule has 102 valence electrons. The first-order valence-corrected chi connectivity index (χ1v) is 6.54. The lowest BCUT2D eigenvalue weighted by Gasteiger charge is -2.34. The molecule has 1 spiro atoms. The lowest BCUT2D eigenvalue weighted by molar-refractivity contribution is -0.146. The first-order chi connectivity index (χ1) is 9.10.